The maximum absolute atomic E-state index is 12.4. The summed E-state index contributed by atoms with van der Waals surface area (Å²) in [4.78, 5) is 16.8. The van der Waals surface area contributed by atoms with E-state index in [-0.39, 0.29) is 11.8 Å². The van der Waals surface area contributed by atoms with E-state index in [1.165, 1.54) is 17.7 Å². The minimum absolute atomic E-state index is 0.0954. The van der Waals surface area contributed by atoms with E-state index < -0.39 is 6.61 Å². The molecule has 1 aromatic heterocycles. The number of hydrogen-bond donors (Lipinski definition) is 1. The molecule has 0 saturated carbocycles. The summed E-state index contributed by atoms with van der Waals surface area (Å²) in [5, 5.41) is 1.14. The molecule has 26 heavy (non-hydrogen) atoms. The van der Waals surface area contributed by atoms with Crippen molar-refractivity contribution in [1.82, 2.24) is 9.88 Å². The molecule has 0 radical (unpaired) electrons. The van der Waals surface area contributed by atoms with Crippen LogP contribution in [0.25, 0.3) is 10.9 Å². The lowest BCUT2D eigenvalue weighted by Gasteiger charge is -2.33. The van der Waals surface area contributed by atoms with Crippen LogP contribution in [0.3, 0.4) is 0 Å². The average Bonchev–Trinajstić information content (AvgIpc) is 2.98. The van der Waals surface area contributed by atoms with E-state index in [1.54, 1.807) is 17.0 Å². The van der Waals surface area contributed by atoms with Gasteiger partial charge in [0.25, 0.3) is 0 Å². The van der Waals surface area contributed by atoms with E-state index in [9.17, 15) is 13.6 Å². The van der Waals surface area contributed by atoms with Gasteiger partial charge in [0, 0.05) is 27.6 Å². The molecule has 1 aliphatic rings. The predicted octanol–water partition coefficient (Wildman–Crippen LogP) is 4.64. The highest BCUT2D eigenvalue weighted by Crippen LogP contribution is 2.38. The average molecular weight is 421 g/mol. The maximum Gasteiger partial charge on any atom is 0.387 e. The van der Waals surface area contributed by atoms with E-state index in [2.05, 4.69) is 31.7 Å². The molecule has 4 nitrogen and oxygen atoms in total. The van der Waals surface area contributed by atoms with E-state index in [0.717, 1.165) is 39.5 Å². The zero-order chi connectivity index (χ0) is 18.3. The Morgan fingerprint density at radius 3 is 2.69 bits per heavy atom. The molecule has 134 valence electrons. The third-order valence-electron chi connectivity index (χ3n) is 4.68. The van der Waals surface area contributed by atoms with Crippen LogP contribution in [0, 0.1) is 0 Å². The Bertz CT molecular complexity index is 956. The van der Waals surface area contributed by atoms with Crippen molar-refractivity contribution in [3.05, 3.63) is 63.8 Å². The van der Waals surface area contributed by atoms with Crippen LogP contribution < -0.4 is 4.74 Å². The van der Waals surface area contributed by atoms with Crippen LogP contribution in [0.1, 0.15) is 22.9 Å². The smallest absolute Gasteiger partial charge is 0.387 e. The van der Waals surface area contributed by atoms with Gasteiger partial charge in [-0.2, -0.15) is 8.78 Å². The van der Waals surface area contributed by atoms with E-state index >= 15 is 0 Å². The van der Waals surface area contributed by atoms with Gasteiger partial charge >= 0.3 is 6.61 Å². The van der Waals surface area contributed by atoms with Gasteiger partial charge in [0.05, 0.1) is 6.04 Å². The van der Waals surface area contributed by atoms with Gasteiger partial charge in [0.15, 0.2) is 0 Å². The first-order chi connectivity index (χ1) is 12.6. The number of rotatable bonds is 4. The largest absolute Gasteiger partial charge is 0.435 e. The monoisotopic (exact) mass is 420 g/mol. The van der Waals surface area contributed by atoms with Gasteiger partial charge in [-0.1, -0.05) is 34.1 Å². The lowest BCUT2D eigenvalue weighted by atomic mass is 9.93. The lowest BCUT2D eigenvalue weighted by molar-refractivity contribution is -0.120. The number of hydrogen-bond acceptors (Lipinski definition) is 2. The molecular weight excluding hydrogens is 406 g/mol. The third kappa shape index (κ3) is 2.96. The summed E-state index contributed by atoms with van der Waals surface area (Å²) in [5.41, 5.74) is 3.98. The van der Waals surface area contributed by atoms with Crippen molar-refractivity contribution in [2.75, 3.05) is 6.54 Å². The normalized spacial score (nSPS) is 16.8. The number of nitrogens with zero attached hydrogens (tertiary/aromatic N) is 1. The molecule has 0 saturated heterocycles. The van der Waals surface area contributed by atoms with E-state index in [0.29, 0.717) is 6.54 Å². The van der Waals surface area contributed by atoms with Crippen LogP contribution in [0.5, 0.6) is 5.75 Å². The molecule has 0 spiro atoms. The molecule has 7 heteroatoms. The molecule has 1 atom stereocenters. The molecule has 2 heterocycles. The zero-order valence-electron chi connectivity index (χ0n) is 13.6. The summed E-state index contributed by atoms with van der Waals surface area (Å²) in [5.74, 6) is 0.0954. The molecule has 0 aliphatic carbocycles. The number of aromatic nitrogens is 1. The molecule has 0 fully saturated rings. The number of fused-ring (bicyclic) bond motifs is 3. The standard InChI is InChI=1S/C19H15BrF2N2O2/c20-12-3-6-14-15-7-8-24(10-25)18(17(15)23-16(14)9-12)11-1-4-13(5-2-11)26-19(21)22/h1-6,9-10,18-19,23H,7-8H2. The predicted molar refractivity (Wildman–Crippen MR) is 97.4 cm³/mol. The SMILES string of the molecule is O=CN1CCc2c([nH]c3cc(Br)ccc23)C1c1ccc(OC(F)F)cc1. The minimum Gasteiger partial charge on any atom is -0.435 e. The first kappa shape index (κ1) is 17.0. The minimum atomic E-state index is -2.86. The molecule has 4 rings (SSSR count). The number of ether oxygens (including phenoxy) is 1. The second-order valence-electron chi connectivity index (χ2n) is 6.15. The van der Waals surface area contributed by atoms with Gasteiger partial charge < -0.3 is 14.6 Å². The van der Waals surface area contributed by atoms with Crippen molar-refractivity contribution in [3.8, 4) is 5.75 Å². The first-order valence-corrected chi connectivity index (χ1v) is 8.92. The second-order valence-corrected chi connectivity index (χ2v) is 7.07. The lowest BCUT2D eigenvalue weighted by Crippen LogP contribution is -2.34. The summed E-state index contributed by atoms with van der Waals surface area (Å²) >= 11 is 3.48. The highest BCUT2D eigenvalue weighted by molar-refractivity contribution is 9.10. The first-order valence-electron chi connectivity index (χ1n) is 8.12. The van der Waals surface area contributed by atoms with Crippen LogP contribution in [0.2, 0.25) is 0 Å². The third-order valence-corrected chi connectivity index (χ3v) is 5.18. The van der Waals surface area contributed by atoms with Crippen molar-refractivity contribution < 1.29 is 18.3 Å². The van der Waals surface area contributed by atoms with E-state index in [4.69, 9.17) is 0 Å². The number of carbonyl (C=O) groups is 1. The Balaban J connectivity index is 1.79. The Labute approximate surface area is 156 Å². The Hall–Kier alpha value is -2.41. The van der Waals surface area contributed by atoms with E-state index in [1.807, 2.05) is 12.1 Å². The molecule has 0 bridgehead atoms. The van der Waals surface area contributed by atoms with Crippen LogP contribution in [0.15, 0.2) is 46.9 Å². The summed E-state index contributed by atoms with van der Waals surface area (Å²) in [6.45, 7) is -2.26. The maximum atomic E-state index is 12.4. The summed E-state index contributed by atoms with van der Waals surface area (Å²) in [6, 6.07) is 12.2. The van der Waals surface area contributed by atoms with Gasteiger partial charge in [-0.3, -0.25) is 4.79 Å². The second kappa shape index (κ2) is 6.72. The summed E-state index contributed by atoms with van der Waals surface area (Å²) < 4.78 is 30.1. The fourth-order valence-electron chi connectivity index (χ4n) is 3.59. The Morgan fingerprint density at radius 2 is 2.00 bits per heavy atom. The molecule has 1 unspecified atom stereocenters. The fraction of sp³-hybridized carbons (Fsp3) is 0.211. The quantitative estimate of drug-likeness (QED) is 0.625. The number of aromatic amines is 1. The zero-order valence-corrected chi connectivity index (χ0v) is 15.2. The van der Waals surface area contributed by atoms with Crippen LogP contribution in [-0.4, -0.2) is 29.5 Å². The highest BCUT2D eigenvalue weighted by Gasteiger charge is 2.31. The molecular formula is C19H15BrF2N2O2. The number of benzene rings is 2. The Kier molecular flexibility index (Phi) is 4.40. The van der Waals surface area contributed by atoms with Crippen molar-refractivity contribution in [3.63, 3.8) is 0 Å². The fourth-order valence-corrected chi connectivity index (χ4v) is 3.95. The number of alkyl halides is 2. The van der Waals surface area contributed by atoms with Gasteiger partial charge in [-0.15, -0.1) is 0 Å². The Morgan fingerprint density at radius 1 is 1.23 bits per heavy atom. The number of carbonyl (C=O) groups excluding carboxylic acids is 1. The summed E-state index contributed by atoms with van der Waals surface area (Å²) in [7, 11) is 0. The van der Waals surface area contributed by atoms with Crippen molar-refractivity contribution >= 4 is 33.2 Å². The van der Waals surface area contributed by atoms with Crippen LogP contribution >= 0.6 is 15.9 Å². The van der Waals surface area contributed by atoms with Gasteiger partial charge in [-0.25, -0.2) is 0 Å². The topological polar surface area (TPSA) is 45.3 Å². The number of H-pyrrole nitrogens is 1. The number of amides is 1. The molecule has 2 aromatic carbocycles. The van der Waals surface area contributed by atoms with Crippen molar-refractivity contribution in [1.29, 1.82) is 0 Å². The highest BCUT2D eigenvalue weighted by atomic mass is 79.9. The van der Waals surface area contributed by atoms with Crippen molar-refractivity contribution in [2.24, 2.45) is 0 Å². The molecule has 1 aliphatic heterocycles. The van der Waals surface area contributed by atoms with Gasteiger partial charge in [0.2, 0.25) is 6.41 Å². The van der Waals surface area contributed by atoms with Crippen LogP contribution in [0.4, 0.5) is 8.78 Å². The van der Waals surface area contributed by atoms with Gasteiger partial charge in [0.1, 0.15) is 5.75 Å². The number of nitrogens with one attached hydrogen (secondary N) is 1. The molecule has 3 aromatic rings. The molecule has 1 amide bonds. The summed E-state index contributed by atoms with van der Waals surface area (Å²) in [6.07, 6.45) is 1.59. The number of halogens is 3. The molecule has 1 N–H and O–H groups in total. The van der Waals surface area contributed by atoms with Gasteiger partial charge in [-0.05, 0) is 41.8 Å². The van der Waals surface area contributed by atoms with Crippen LogP contribution in [-0.2, 0) is 11.2 Å². The van der Waals surface area contributed by atoms with Crippen molar-refractivity contribution in [2.45, 2.75) is 19.1 Å².